The van der Waals surface area contributed by atoms with Crippen LogP contribution in [-0.2, 0) is 16.0 Å². The normalized spacial score (nSPS) is 12.8. The molecular formula is C18H17BrN2O3. The Kier molecular flexibility index (Phi) is 4.85. The Morgan fingerprint density at radius 2 is 2.12 bits per heavy atom. The summed E-state index contributed by atoms with van der Waals surface area (Å²) in [7, 11) is 0. The Morgan fingerprint density at radius 1 is 1.29 bits per heavy atom. The van der Waals surface area contributed by atoms with E-state index in [0.717, 1.165) is 21.3 Å². The van der Waals surface area contributed by atoms with E-state index in [4.69, 9.17) is 4.74 Å². The number of nitrogens with one attached hydrogen (secondary N) is 2. The van der Waals surface area contributed by atoms with E-state index in [9.17, 15) is 9.59 Å². The first-order valence-corrected chi connectivity index (χ1v) is 8.42. The second kappa shape index (κ2) is 7.05. The van der Waals surface area contributed by atoms with Crippen LogP contribution in [0.2, 0.25) is 0 Å². The lowest BCUT2D eigenvalue weighted by Crippen LogP contribution is -2.25. The lowest BCUT2D eigenvalue weighted by Gasteiger charge is -2.18. The van der Waals surface area contributed by atoms with Crippen LogP contribution in [0.5, 0.6) is 5.75 Å². The summed E-state index contributed by atoms with van der Waals surface area (Å²) >= 11 is 3.41. The molecule has 0 fully saturated rings. The van der Waals surface area contributed by atoms with Crippen LogP contribution < -0.4 is 15.4 Å². The lowest BCUT2D eigenvalue weighted by atomic mass is 10.1. The molecule has 0 saturated carbocycles. The first-order chi connectivity index (χ1) is 11.5. The van der Waals surface area contributed by atoms with Gasteiger partial charge in [-0.3, -0.25) is 9.59 Å². The van der Waals surface area contributed by atoms with Crippen LogP contribution in [0.15, 0.2) is 40.9 Å². The third-order valence-corrected chi connectivity index (χ3v) is 4.27. The molecule has 5 nitrogen and oxygen atoms in total. The largest absolute Gasteiger partial charge is 0.482 e. The van der Waals surface area contributed by atoms with Crippen molar-refractivity contribution in [3.8, 4) is 5.75 Å². The number of hydrogen-bond acceptors (Lipinski definition) is 3. The van der Waals surface area contributed by atoms with Gasteiger partial charge < -0.3 is 15.4 Å². The molecular weight excluding hydrogens is 372 g/mol. The molecule has 1 heterocycles. The third-order valence-electron chi connectivity index (χ3n) is 3.78. The van der Waals surface area contributed by atoms with E-state index in [1.165, 1.54) is 0 Å². The van der Waals surface area contributed by atoms with Crippen molar-refractivity contribution in [1.29, 1.82) is 0 Å². The predicted octanol–water partition coefficient (Wildman–Crippen LogP) is 3.66. The van der Waals surface area contributed by atoms with Gasteiger partial charge in [0.25, 0.3) is 5.91 Å². The van der Waals surface area contributed by atoms with Crippen LogP contribution in [0, 0.1) is 6.92 Å². The van der Waals surface area contributed by atoms with Crippen molar-refractivity contribution in [2.24, 2.45) is 0 Å². The van der Waals surface area contributed by atoms with E-state index in [-0.39, 0.29) is 18.4 Å². The Labute approximate surface area is 148 Å². The fraction of sp³-hybridized carbons (Fsp3) is 0.222. The van der Waals surface area contributed by atoms with Gasteiger partial charge in [-0.05, 0) is 54.8 Å². The van der Waals surface area contributed by atoms with Crippen molar-refractivity contribution < 1.29 is 14.3 Å². The average molecular weight is 389 g/mol. The Morgan fingerprint density at radius 3 is 2.92 bits per heavy atom. The van der Waals surface area contributed by atoms with Gasteiger partial charge in [0.1, 0.15) is 5.75 Å². The summed E-state index contributed by atoms with van der Waals surface area (Å²) in [6, 6.07) is 11.3. The molecule has 0 unspecified atom stereocenters. The van der Waals surface area contributed by atoms with E-state index in [1.807, 2.05) is 43.3 Å². The first-order valence-electron chi connectivity index (χ1n) is 7.63. The summed E-state index contributed by atoms with van der Waals surface area (Å²) in [6.07, 6.45) is 0.952. The van der Waals surface area contributed by atoms with E-state index < -0.39 is 0 Å². The minimum atomic E-state index is -0.164. The standard InChI is InChI=1S/C18H17BrN2O3/c1-11-8-13(19)4-5-14(11)20-17(22)7-3-12-2-6-16-15(9-12)21-18(23)10-24-16/h2,4-6,8-9H,3,7,10H2,1H3,(H,20,22)(H,21,23). The number of fused-ring (bicyclic) bond motifs is 1. The molecule has 2 aromatic rings. The number of halogens is 1. The predicted molar refractivity (Wildman–Crippen MR) is 96.4 cm³/mol. The molecule has 0 aliphatic carbocycles. The molecule has 3 rings (SSSR count). The zero-order chi connectivity index (χ0) is 17.1. The van der Waals surface area contributed by atoms with E-state index in [0.29, 0.717) is 24.3 Å². The summed E-state index contributed by atoms with van der Waals surface area (Å²) < 4.78 is 6.31. The second-order valence-electron chi connectivity index (χ2n) is 5.67. The van der Waals surface area contributed by atoms with Crippen LogP contribution in [0.25, 0.3) is 0 Å². The number of ether oxygens (including phenoxy) is 1. The molecule has 0 saturated heterocycles. The summed E-state index contributed by atoms with van der Waals surface area (Å²) in [5.41, 5.74) is 3.45. The van der Waals surface area contributed by atoms with Crippen molar-refractivity contribution in [1.82, 2.24) is 0 Å². The maximum atomic E-state index is 12.1. The van der Waals surface area contributed by atoms with Gasteiger partial charge >= 0.3 is 0 Å². The SMILES string of the molecule is Cc1cc(Br)ccc1NC(=O)CCc1ccc2c(c1)NC(=O)CO2. The van der Waals surface area contributed by atoms with Crippen molar-refractivity contribution in [3.05, 3.63) is 52.0 Å². The number of carbonyl (C=O) groups is 2. The van der Waals surface area contributed by atoms with Gasteiger partial charge in [0.2, 0.25) is 5.91 Å². The minimum absolute atomic E-state index is 0.0430. The van der Waals surface area contributed by atoms with Gasteiger partial charge in [0, 0.05) is 16.6 Å². The van der Waals surface area contributed by atoms with Gasteiger partial charge in [-0.1, -0.05) is 22.0 Å². The lowest BCUT2D eigenvalue weighted by molar-refractivity contribution is -0.118. The van der Waals surface area contributed by atoms with Crippen LogP contribution in [-0.4, -0.2) is 18.4 Å². The fourth-order valence-electron chi connectivity index (χ4n) is 2.52. The summed E-state index contributed by atoms with van der Waals surface area (Å²) in [6.45, 7) is 1.99. The molecule has 0 spiro atoms. The molecule has 1 aliphatic heterocycles. The number of amides is 2. The molecule has 0 atom stereocenters. The van der Waals surface area contributed by atoms with Crippen molar-refractivity contribution in [2.75, 3.05) is 17.2 Å². The van der Waals surface area contributed by atoms with Gasteiger partial charge in [-0.25, -0.2) is 0 Å². The zero-order valence-electron chi connectivity index (χ0n) is 13.2. The molecule has 124 valence electrons. The summed E-state index contributed by atoms with van der Waals surface area (Å²) in [5, 5.41) is 5.69. The Hall–Kier alpha value is -2.34. The quantitative estimate of drug-likeness (QED) is 0.839. The molecule has 2 amide bonds. The van der Waals surface area contributed by atoms with Gasteiger partial charge in [0.15, 0.2) is 6.61 Å². The number of benzene rings is 2. The highest BCUT2D eigenvalue weighted by atomic mass is 79.9. The summed E-state index contributed by atoms with van der Waals surface area (Å²) in [4.78, 5) is 23.5. The fourth-order valence-corrected chi connectivity index (χ4v) is 3.00. The molecule has 24 heavy (non-hydrogen) atoms. The topological polar surface area (TPSA) is 67.4 Å². The average Bonchev–Trinajstić information content (AvgIpc) is 2.55. The van der Waals surface area contributed by atoms with Crippen LogP contribution >= 0.6 is 15.9 Å². The minimum Gasteiger partial charge on any atom is -0.482 e. The smallest absolute Gasteiger partial charge is 0.262 e. The second-order valence-corrected chi connectivity index (χ2v) is 6.59. The summed E-state index contributed by atoms with van der Waals surface area (Å²) in [5.74, 6) is 0.454. The number of carbonyl (C=O) groups excluding carboxylic acids is 2. The highest BCUT2D eigenvalue weighted by molar-refractivity contribution is 9.10. The Balaban J connectivity index is 1.60. The van der Waals surface area contributed by atoms with Gasteiger partial charge in [-0.2, -0.15) is 0 Å². The highest BCUT2D eigenvalue weighted by Gasteiger charge is 2.16. The Bertz CT molecular complexity index is 805. The van der Waals surface area contributed by atoms with Crippen LogP contribution in [0.4, 0.5) is 11.4 Å². The zero-order valence-corrected chi connectivity index (χ0v) is 14.8. The molecule has 1 aliphatic rings. The van der Waals surface area contributed by atoms with Gasteiger partial charge in [0.05, 0.1) is 5.69 Å². The molecule has 2 N–H and O–H groups in total. The van der Waals surface area contributed by atoms with E-state index >= 15 is 0 Å². The maximum Gasteiger partial charge on any atom is 0.262 e. The third kappa shape index (κ3) is 3.94. The van der Waals surface area contributed by atoms with Gasteiger partial charge in [-0.15, -0.1) is 0 Å². The first kappa shape index (κ1) is 16.5. The number of aryl methyl sites for hydroxylation is 2. The molecule has 0 radical (unpaired) electrons. The molecule has 6 heteroatoms. The molecule has 0 bridgehead atoms. The highest BCUT2D eigenvalue weighted by Crippen LogP contribution is 2.29. The number of hydrogen-bond donors (Lipinski definition) is 2. The number of rotatable bonds is 4. The molecule has 2 aromatic carbocycles. The monoisotopic (exact) mass is 388 g/mol. The van der Waals surface area contributed by atoms with Crippen LogP contribution in [0.1, 0.15) is 17.5 Å². The van der Waals surface area contributed by atoms with E-state index in [1.54, 1.807) is 0 Å². The maximum absolute atomic E-state index is 12.1. The van der Waals surface area contributed by atoms with E-state index in [2.05, 4.69) is 26.6 Å². The van der Waals surface area contributed by atoms with Crippen molar-refractivity contribution >= 4 is 39.1 Å². The number of anilines is 2. The molecule has 0 aromatic heterocycles. The van der Waals surface area contributed by atoms with Crippen LogP contribution in [0.3, 0.4) is 0 Å². The van der Waals surface area contributed by atoms with Crippen molar-refractivity contribution in [3.63, 3.8) is 0 Å². The van der Waals surface area contributed by atoms with Crippen molar-refractivity contribution in [2.45, 2.75) is 19.8 Å².